The molecule has 1 aliphatic heterocycles. The normalized spacial score (nSPS) is 12.9. The number of carbonyl (C=O) groups is 2. The van der Waals surface area contributed by atoms with Gasteiger partial charge in [0.25, 0.3) is 0 Å². The average Bonchev–Trinajstić information content (AvgIpc) is 2.95. The maximum atomic E-state index is 12.8. The molecule has 2 N–H and O–H groups in total. The highest BCUT2D eigenvalue weighted by atomic mass is 16.5. The molecule has 0 radical (unpaired) electrons. The van der Waals surface area contributed by atoms with Crippen LogP contribution in [0.5, 0.6) is 5.75 Å². The summed E-state index contributed by atoms with van der Waals surface area (Å²) in [4.78, 5) is 23.7. The number of rotatable bonds is 6. The molecule has 0 spiro atoms. The number of fused-ring (bicyclic) bond motifs is 1. The number of carbonyl (C=O) groups excluding carboxylic acids is 1. The molecule has 7 nitrogen and oxygen atoms in total. The van der Waals surface area contributed by atoms with Gasteiger partial charge in [0.15, 0.2) is 6.10 Å². The van der Waals surface area contributed by atoms with Gasteiger partial charge in [-0.25, -0.2) is 4.79 Å². The number of hydrogen-bond acceptors (Lipinski definition) is 6. The third kappa shape index (κ3) is 7.96. The Morgan fingerprint density at radius 3 is 2.12 bits per heavy atom. The molecule has 1 aliphatic rings. The van der Waals surface area contributed by atoms with E-state index < -0.39 is 17.7 Å². The van der Waals surface area contributed by atoms with Gasteiger partial charge in [-0.1, -0.05) is 38.1 Å². The van der Waals surface area contributed by atoms with Gasteiger partial charge in [-0.2, -0.15) is 0 Å². The van der Waals surface area contributed by atoms with E-state index in [2.05, 4.69) is 68.4 Å². The van der Waals surface area contributed by atoms with Gasteiger partial charge in [-0.15, -0.1) is 0 Å². The molecule has 1 unspecified atom stereocenters. The minimum Gasteiger partial charge on any atom is -0.490 e. The van der Waals surface area contributed by atoms with E-state index >= 15 is 0 Å². The van der Waals surface area contributed by atoms with E-state index in [0.29, 0.717) is 12.2 Å². The Morgan fingerprint density at radius 1 is 1.00 bits per heavy atom. The van der Waals surface area contributed by atoms with E-state index in [1.165, 1.54) is 18.1 Å². The minimum absolute atomic E-state index is 0.606. The smallest absolute Gasteiger partial charge is 0.337 e. The predicted molar refractivity (Wildman–Crippen MR) is 179 cm³/mol. The molecule has 0 bridgehead atoms. The number of hydrogen-bond donors (Lipinski definition) is 2. The van der Waals surface area contributed by atoms with Crippen molar-refractivity contribution in [1.82, 2.24) is 0 Å². The summed E-state index contributed by atoms with van der Waals surface area (Å²) in [6.45, 7) is 20.8. The summed E-state index contributed by atoms with van der Waals surface area (Å²) in [6.07, 6.45) is -0.399. The molecule has 0 amide bonds. The molecule has 43 heavy (non-hydrogen) atoms. The average molecular weight is 591 g/mol. The van der Waals surface area contributed by atoms with Crippen LogP contribution in [0.2, 0.25) is 0 Å². The molecule has 3 aromatic rings. The van der Waals surface area contributed by atoms with Gasteiger partial charge in [0.05, 0.1) is 17.8 Å². The Kier molecular flexibility index (Phi) is 12.4. The van der Waals surface area contributed by atoms with Crippen LogP contribution < -0.4 is 15.0 Å². The molecule has 3 aromatic carbocycles. The highest BCUT2D eigenvalue weighted by Crippen LogP contribution is 2.48. The number of benzene rings is 3. The van der Waals surface area contributed by atoms with Crippen LogP contribution in [0.3, 0.4) is 0 Å². The topological polar surface area (TPSA) is 88.1 Å². The molecule has 4 rings (SSSR count). The van der Waals surface area contributed by atoms with Crippen molar-refractivity contribution in [2.45, 2.75) is 80.9 Å². The third-order valence-electron chi connectivity index (χ3n) is 7.40. The molecule has 234 valence electrons. The number of nitrogens with one attached hydrogen (secondary N) is 1. The first-order valence-electron chi connectivity index (χ1n) is 15.0. The van der Waals surface area contributed by atoms with Crippen LogP contribution in [0.1, 0.15) is 75.5 Å². The number of anilines is 2. The van der Waals surface area contributed by atoms with Gasteiger partial charge in [0.1, 0.15) is 18.6 Å². The highest BCUT2D eigenvalue weighted by molar-refractivity contribution is 5.94. The molecule has 0 aliphatic carbocycles. The van der Waals surface area contributed by atoms with Crippen molar-refractivity contribution in [2.75, 3.05) is 37.5 Å². The van der Waals surface area contributed by atoms with Crippen LogP contribution in [-0.4, -0.2) is 50.2 Å². The summed E-state index contributed by atoms with van der Waals surface area (Å²) >= 11 is 0. The van der Waals surface area contributed by atoms with E-state index in [1.54, 1.807) is 0 Å². The standard InChI is InChI=1S/C32H40N2O4.C2H4O.C2H6/c1-18-10-11-22(16-19(18)2)27-20(3)26(23-12-13-24-25(17-23)37-15-14-34(24)9)28(21(4)29(27)33-8)30(31(35)36)38-32(5,6)7;1-2-3;1-2/h10-13,16-17,30,33H,14-15H2,1-9H3,(H,35,36);2H,1H3;1-2H3. The SMILES string of the molecule is CC.CC=O.CNc1c(C)c(C(OC(C)(C)C)C(=O)O)c(-c2ccc3c(c2)OCCN3C)c(C)c1-c1ccc(C)c(C)c1. The van der Waals surface area contributed by atoms with E-state index in [9.17, 15) is 9.90 Å². The second kappa shape index (κ2) is 15.1. The van der Waals surface area contributed by atoms with Gasteiger partial charge in [-0.3, -0.25) is 0 Å². The summed E-state index contributed by atoms with van der Waals surface area (Å²) in [5, 5.41) is 13.8. The van der Waals surface area contributed by atoms with Gasteiger partial charge in [0.2, 0.25) is 0 Å². The number of aryl methyl sites for hydroxylation is 2. The number of carboxylic acid groups (broad SMARTS) is 1. The number of nitrogens with zero attached hydrogens (tertiary/aromatic N) is 1. The number of aliphatic carboxylic acids is 1. The van der Waals surface area contributed by atoms with Crippen molar-refractivity contribution < 1.29 is 24.2 Å². The fraction of sp³-hybridized carbons (Fsp3) is 0.444. The van der Waals surface area contributed by atoms with Gasteiger partial charge < -0.3 is 29.6 Å². The molecule has 0 aromatic heterocycles. The molecule has 7 heteroatoms. The van der Waals surface area contributed by atoms with E-state index in [1.807, 2.05) is 54.7 Å². The lowest BCUT2D eigenvalue weighted by molar-refractivity contribution is -0.160. The van der Waals surface area contributed by atoms with Crippen LogP contribution >= 0.6 is 0 Å². The lowest BCUT2D eigenvalue weighted by atomic mass is 9.82. The van der Waals surface area contributed by atoms with E-state index in [-0.39, 0.29) is 0 Å². The Balaban J connectivity index is 0.00000121. The summed E-state index contributed by atoms with van der Waals surface area (Å²) in [5.74, 6) is -0.216. The Hall–Kier alpha value is -3.84. The number of carboxylic acids is 1. The third-order valence-corrected chi connectivity index (χ3v) is 7.40. The van der Waals surface area contributed by atoms with Crippen molar-refractivity contribution in [2.24, 2.45) is 0 Å². The first-order valence-corrected chi connectivity index (χ1v) is 15.0. The van der Waals surface area contributed by atoms with Crippen molar-refractivity contribution in [3.63, 3.8) is 0 Å². The summed E-state index contributed by atoms with van der Waals surface area (Å²) in [7, 11) is 3.94. The Morgan fingerprint density at radius 2 is 1.58 bits per heavy atom. The zero-order valence-electron chi connectivity index (χ0n) is 28.1. The van der Waals surface area contributed by atoms with Crippen LogP contribution in [-0.2, 0) is 14.3 Å². The summed E-state index contributed by atoms with van der Waals surface area (Å²) in [6, 6.07) is 12.6. The lowest BCUT2D eigenvalue weighted by Crippen LogP contribution is -2.29. The molecule has 1 atom stereocenters. The molecule has 1 heterocycles. The molecule has 0 saturated heterocycles. The van der Waals surface area contributed by atoms with Crippen LogP contribution in [0.25, 0.3) is 22.3 Å². The number of aldehydes is 1. The maximum absolute atomic E-state index is 12.8. The Bertz CT molecular complexity index is 1440. The lowest BCUT2D eigenvalue weighted by Gasteiger charge is -2.32. The first kappa shape index (κ1) is 35.4. The maximum Gasteiger partial charge on any atom is 0.337 e. The fourth-order valence-electron chi connectivity index (χ4n) is 5.39. The summed E-state index contributed by atoms with van der Waals surface area (Å²) in [5.41, 5.74) is 10.1. The predicted octanol–water partition coefficient (Wildman–Crippen LogP) is 8.30. The Labute approximate surface area is 258 Å². The van der Waals surface area contributed by atoms with Gasteiger partial charge in [0, 0.05) is 30.9 Å². The molecular formula is C36H50N2O5. The van der Waals surface area contributed by atoms with E-state index in [0.717, 1.165) is 63.3 Å². The van der Waals surface area contributed by atoms with Crippen molar-refractivity contribution in [3.8, 4) is 28.0 Å². The van der Waals surface area contributed by atoms with Crippen molar-refractivity contribution in [1.29, 1.82) is 0 Å². The van der Waals surface area contributed by atoms with Gasteiger partial charge >= 0.3 is 5.97 Å². The van der Waals surface area contributed by atoms with Gasteiger partial charge in [-0.05, 0) is 106 Å². The van der Waals surface area contributed by atoms with Crippen LogP contribution in [0, 0.1) is 27.7 Å². The molecular weight excluding hydrogens is 540 g/mol. The fourth-order valence-corrected chi connectivity index (χ4v) is 5.39. The zero-order valence-corrected chi connectivity index (χ0v) is 28.1. The second-order valence-corrected chi connectivity index (χ2v) is 11.5. The highest BCUT2D eigenvalue weighted by Gasteiger charge is 2.34. The summed E-state index contributed by atoms with van der Waals surface area (Å²) < 4.78 is 12.3. The van der Waals surface area contributed by atoms with Crippen molar-refractivity contribution >= 4 is 23.6 Å². The monoisotopic (exact) mass is 590 g/mol. The van der Waals surface area contributed by atoms with Crippen LogP contribution in [0.15, 0.2) is 36.4 Å². The molecule has 0 fully saturated rings. The zero-order chi connectivity index (χ0) is 32.6. The largest absolute Gasteiger partial charge is 0.490 e. The first-order chi connectivity index (χ1) is 20.2. The molecule has 0 saturated carbocycles. The minimum atomic E-state index is -1.15. The number of ether oxygens (including phenoxy) is 2. The number of likely N-dealkylation sites (N-methyl/N-ethyl adjacent to an activating group) is 1. The van der Waals surface area contributed by atoms with Crippen LogP contribution in [0.4, 0.5) is 11.4 Å². The van der Waals surface area contributed by atoms with Crippen molar-refractivity contribution in [3.05, 3.63) is 64.2 Å². The van der Waals surface area contributed by atoms with E-state index in [4.69, 9.17) is 14.3 Å². The second-order valence-electron chi connectivity index (χ2n) is 11.5. The quantitative estimate of drug-likeness (QED) is 0.279.